The number of carbonyl (C=O) groups excluding carboxylic acids is 1. The summed E-state index contributed by atoms with van der Waals surface area (Å²) in [4.78, 5) is 12.1. The molecule has 18 heavy (non-hydrogen) atoms. The second-order valence-corrected chi connectivity index (χ2v) is 5.98. The summed E-state index contributed by atoms with van der Waals surface area (Å²) in [6.07, 6.45) is 5.15. The minimum atomic E-state index is 0.171. The molecule has 0 bridgehead atoms. The number of hydrogen-bond acceptors (Lipinski definition) is 3. The molecule has 4 atom stereocenters. The Bertz CT molecular complexity index is 277. The summed E-state index contributed by atoms with van der Waals surface area (Å²) >= 11 is 0. The van der Waals surface area contributed by atoms with Crippen LogP contribution < -0.4 is 11.1 Å². The van der Waals surface area contributed by atoms with Gasteiger partial charge in [0.15, 0.2) is 0 Å². The van der Waals surface area contributed by atoms with Crippen molar-refractivity contribution in [2.45, 2.75) is 45.1 Å². The fourth-order valence-electron chi connectivity index (χ4n) is 3.02. The Labute approximate surface area is 110 Å². The van der Waals surface area contributed by atoms with Gasteiger partial charge >= 0.3 is 0 Å². The van der Waals surface area contributed by atoms with Gasteiger partial charge in [-0.25, -0.2) is 0 Å². The zero-order valence-electron chi connectivity index (χ0n) is 11.4. The lowest BCUT2D eigenvalue weighted by molar-refractivity contribution is -0.126. The van der Waals surface area contributed by atoms with Crippen molar-refractivity contribution in [3.63, 3.8) is 0 Å². The minimum Gasteiger partial charge on any atom is -0.381 e. The van der Waals surface area contributed by atoms with E-state index < -0.39 is 0 Å². The first-order valence-electron chi connectivity index (χ1n) is 7.28. The summed E-state index contributed by atoms with van der Waals surface area (Å²) < 4.78 is 5.42. The molecule has 1 amide bonds. The number of hydrogen-bond donors (Lipinski definition) is 2. The fraction of sp³-hybridized carbons (Fsp3) is 0.929. The molecule has 104 valence electrons. The van der Waals surface area contributed by atoms with Crippen LogP contribution in [0.3, 0.4) is 0 Å². The largest absolute Gasteiger partial charge is 0.381 e. The Hall–Kier alpha value is -0.610. The van der Waals surface area contributed by atoms with Crippen LogP contribution in [0, 0.1) is 17.8 Å². The Balaban J connectivity index is 1.70. The Morgan fingerprint density at radius 3 is 2.89 bits per heavy atom. The van der Waals surface area contributed by atoms with Crippen LogP contribution in [0.15, 0.2) is 0 Å². The molecule has 1 saturated heterocycles. The minimum absolute atomic E-state index is 0.171. The van der Waals surface area contributed by atoms with E-state index in [2.05, 4.69) is 12.2 Å². The molecule has 4 nitrogen and oxygen atoms in total. The SMILES string of the molecule is CC1CC(C(=O)NCC2CCCOC2)CCC1N. The maximum absolute atomic E-state index is 12.1. The standard InChI is InChI=1S/C14H26N2O2/c1-10-7-12(4-5-13(10)15)14(17)16-8-11-3-2-6-18-9-11/h10-13H,2-9,15H2,1H3,(H,16,17). The van der Waals surface area contributed by atoms with Crippen molar-refractivity contribution in [2.24, 2.45) is 23.5 Å². The molecule has 1 aliphatic heterocycles. The molecule has 2 rings (SSSR count). The first-order chi connectivity index (χ1) is 8.66. The van der Waals surface area contributed by atoms with Gasteiger partial charge in [0.2, 0.25) is 5.91 Å². The van der Waals surface area contributed by atoms with Crippen LogP contribution in [0.25, 0.3) is 0 Å². The molecule has 2 aliphatic rings. The second kappa shape index (κ2) is 6.53. The van der Waals surface area contributed by atoms with Crippen LogP contribution in [0.4, 0.5) is 0 Å². The van der Waals surface area contributed by atoms with Gasteiger partial charge in [0.1, 0.15) is 0 Å². The smallest absolute Gasteiger partial charge is 0.223 e. The molecule has 0 aromatic rings. The second-order valence-electron chi connectivity index (χ2n) is 5.98. The number of nitrogens with one attached hydrogen (secondary N) is 1. The van der Waals surface area contributed by atoms with E-state index in [4.69, 9.17) is 10.5 Å². The predicted molar refractivity (Wildman–Crippen MR) is 71.0 cm³/mol. The highest BCUT2D eigenvalue weighted by Crippen LogP contribution is 2.28. The van der Waals surface area contributed by atoms with Crippen LogP contribution in [-0.2, 0) is 9.53 Å². The van der Waals surface area contributed by atoms with Gasteiger partial charge < -0.3 is 15.8 Å². The average Bonchev–Trinajstić information content (AvgIpc) is 2.40. The van der Waals surface area contributed by atoms with Crippen molar-refractivity contribution in [1.29, 1.82) is 0 Å². The summed E-state index contributed by atoms with van der Waals surface area (Å²) in [7, 11) is 0. The molecule has 2 fully saturated rings. The van der Waals surface area contributed by atoms with Crippen molar-refractivity contribution >= 4 is 5.91 Å². The highest BCUT2D eigenvalue weighted by Gasteiger charge is 2.29. The van der Waals surface area contributed by atoms with Gasteiger partial charge in [0.25, 0.3) is 0 Å². The lowest BCUT2D eigenvalue weighted by atomic mass is 9.79. The van der Waals surface area contributed by atoms with Gasteiger partial charge in [-0.2, -0.15) is 0 Å². The van der Waals surface area contributed by atoms with Gasteiger partial charge in [-0.3, -0.25) is 4.79 Å². The summed E-state index contributed by atoms with van der Waals surface area (Å²) in [6, 6.07) is 0.279. The van der Waals surface area contributed by atoms with E-state index in [1.807, 2.05) is 0 Å². The Morgan fingerprint density at radius 2 is 2.22 bits per heavy atom. The average molecular weight is 254 g/mol. The van der Waals surface area contributed by atoms with Crippen molar-refractivity contribution < 1.29 is 9.53 Å². The third-order valence-electron chi connectivity index (χ3n) is 4.43. The number of rotatable bonds is 3. The van der Waals surface area contributed by atoms with Crippen LogP contribution in [-0.4, -0.2) is 31.7 Å². The number of nitrogens with two attached hydrogens (primary N) is 1. The lowest BCUT2D eigenvalue weighted by Gasteiger charge is -2.31. The van der Waals surface area contributed by atoms with Crippen LogP contribution in [0.5, 0.6) is 0 Å². The molecular weight excluding hydrogens is 228 g/mol. The topological polar surface area (TPSA) is 64.3 Å². The molecule has 1 aliphatic carbocycles. The molecule has 3 N–H and O–H groups in total. The first-order valence-corrected chi connectivity index (χ1v) is 7.28. The van der Waals surface area contributed by atoms with Crippen LogP contribution in [0.1, 0.15) is 39.0 Å². The van der Waals surface area contributed by atoms with Gasteiger partial charge in [-0.15, -0.1) is 0 Å². The molecule has 0 aromatic carbocycles. The van der Waals surface area contributed by atoms with E-state index in [1.165, 1.54) is 6.42 Å². The van der Waals surface area contributed by atoms with Crippen molar-refractivity contribution in [2.75, 3.05) is 19.8 Å². The summed E-state index contributed by atoms with van der Waals surface area (Å²) in [5.41, 5.74) is 5.98. The van der Waals surface area contributed by atoms with E-state index >= 15 is 0 Å². The summed E-state index contributed by atoms with van der Waals surface area (Å²) in [5.74, 6) is 1.36. The van der Waals surface area contributed by atoms with Gasteiger partial charge in [0.05, 0.1) is 6.61 Å². The molecule has 4 unspecified atom stereocenters. The quantitative estimate of drug-likeness (QED) is 0.797. The third kappa shape index (κ3) is 3.69. The predicted octanol–water partition coefficient (Wildman–Crippen LogP) is 1.29. The van der Waals surface area contributed by atoms with E-state index in [9.17, 15) is 4.79 Å². The number of ether oxygens (including phenoxy) is 1. The Kier molecular flexibility index (Phi) is 5.01. The highest BCUT2D eigenvalue weighted by molar-refractivity contribution is 5.78. The number of carbonyl (C=O) groups is 1. The van der Waals surface area contributed by atoms with Crippen molar-refractivity contribution in [3.05, 3.63) is 0 Å². The van der Waals surface area contributed by atoms with Crippen LogP contribution >= 0.6 is 0 Å². The number of amides is 1. The van der Waals surface area contributed by atoms with Crippen LogP contribution in [0.2, 0.25) is 0 Å². The molecule has 1 saturated carbocycles. The molecule has 0 spiro atoms. The maximum Gasteiger partial charge on any atom is 0.223 e. The summed E-state index contributed by atoms with van der Waals surface area (Å²) in [5, 5.41) is 3.10. The van der Waals surface area contributed by atoms with E-state index in [-0.39, 0.29) is 17.9 Å². The first kappa shape index (κ1) is 13.8. The normalized spacial score (nSPS) is 37.2. The molecule has 4 heteroatoms. The van der Waals surface area contributed by atoms with Crippen molar-refractivity contribution in [3.8, 4) is 0 Å². The third-order valence-corrected chi connectivity index (χ3v) is 4.43. The summed E-state index contributed by atoms with van der Waals surface area (Å²) in [6.45, 7) is 4.60. The zero-order valence-corrected chi connectivity index (χ0v) is 11.4. The monoisotopic (exact) mass is 254 g/mol. The van der Waals surface area contributed by atoms with Gasteiger partial charge in [0, 0.05) is 25.1 Å². The van der Waals surface area contributed by atoms with E-state index in [1.54, 1.807) is 0 Å². The van der Waals surface area contributed by atoms with Gasteiger partial charge in [-0.05, 0) is 43.9 Å². The molecular formula is C14H26N2O2. The molecule has 0 radical (unpaired) electrons. The lowest BCUT2D eigenvalue weighted by Crippen LogP contribution is -2.42. The molecule has 1 heterocycles. The van der Waals surface area contributed by atoms with E-state index in [0.29, 0.717) is 11.8 Å². The van der Waals surface area contributed by atoms with Crippen molar-refractivity contribution in [1.82, 2.24) is 5.32 Å². The highest BCUT2D eigenvalue weighted by atomic mass is 16.5. The Morgan fingerprint density at radius 1 is 1.39 bits per heavy atom. The maximum atomic E-state index is 12.1. The van der Waals surface area contributed by atoms with E-state index in [0.717, 1.165) is 45.4 Å². The fourth-order valence-corrected chi connectivity index (χ4v) is 3.02. The molecule has 0 aromatic heterocycles. The van der Waals surface area contributed by atoms with Gasteiger partial charge in [-0.1, -0.05) is 6.92 Å². The zero-order chi connectivity index (χ0) is 13.0.